The van der Waals surface area contributed by atoms with Crippen LogP contribution in [0.2, 0.25) is 0 Å². The van der Waals surface area contributed by atoms with Crippen molar-refractivity contribution in [2.24, 2.45) is 0 Å². The van der Waals surface area contributed by atoms with Crippen molar-refractivity contribution >= 4 is 11.7 Å². The topological polar surface area (TPSA) is 97.6 Å². The van der Waals surface area contributed by atoms with Crippen LogP contribution in [0.5, 0.6) is 11.5 Å². The molecule has 2 aromatic heterocycles. The van der Waals surface area contributed by atoms with Crippen LogP contribution in [0.1, 0.15) is 30.5 Å². The molecule has 2 unspecified atom stereocenters. The van der Waals surface area contributed by atoms with Crippen LogP contribution in [0.4, 0.5) is 10.2 Å². The predicted molar refractivity (Wildman–Crippen MR) is 153 cm³/mol. The minimum Gasteiger partial charge on any atom is -0.497 e. The van der Waals surface area contributed by atoms with E-state index >= 15 is 0 Å². The number of amides is 1. The van der Waals surface area contributed by atoms with E-state index in [1.807, 2.05) is 43.3 Å². The zero-order chi connectivity index (χ0) is 28.8. The molecule has 4 aromatic rings. The van der Waals surface area contributed by atoms with Crippen LogP contribution in [-0.2, 0) is 11.3 Å². The van der Waals surface area contributed by atoms with Gasteiger partial charge in [0.05, 0.1) is 26.3 Å². The third-order valence-electron chi connectivity index (χ3n) is 7.26. The zero-order valence-electron chi connectivity index (χ0n) is 23.4. The van der Waals surface area contributed by atoms with Gasteiger partial charge >= 0.3 is 0 Å². The van der Waals surface area contributed by atoms with Gasteiger partial charge in [-0.25, -0.2) is 14.4 Å². The van der Waals surface area contributed by atoms with Crippen molar-refractivity contribution in [3.05, 3.63) is 90.4 Å². The molecule has 1 aliphatic heterocycles. The molecular formula is C30H34FN7O3. The summed E-state index contributed by atoms with van der Waals surface area (Å²) in [6.07, 6.45) is 7.09. The van der Waals surface area contributed by atoms with Crippen LogP contribution in [0.25, 0.3) is 5.95 Å². The molecule has 0 aliphatic carbocycles. The quantitative estimate of drug-likeness (QED) is 0.314. The molecular weight excluding hydrogens is 525 g/mol. The number of rotatable bonds is 10. The summed E-state index contributed by atoms with van der Waals surface area (Å²) in [6.45, 7) is 4.48. The number of nitrogens with one attached hydrogen (secondary N) is 1. The summed E-state index contributed by atoms with van der Waals surface area (Å²) in [4.78, 5) is 31.0. The van der Waals surface area contributed by atoms with Crippen LogP contribution < -0.4 is 19.7 Å². The lowest BCUT2D eigenvalue weighted by Gasteiger charge is -2.42. The van der Waals surface area contributed by atoms with Crippen LogP contribution in [0.15, 0.2) is 73.4 Å². The fraction of sp³-hybridized carbons (Fsp3) is 0.333. The van der Waals surface area contributed by atoms with Gasteiger partial charge < -0.3 is 19.7 Å². The SMILES string of the molecule is COc1ccc(C(C)NC(=O)CC2CN(Cc3ccc(OC)c(F)c3)CCN2c2ccnc(-n3ccnc3)n2)cc1. The summed E-state index contributed by atoms with van der Waals surface area (Å²) in [5.74, 6) is 1.77. The van der Waals surface area contributed by atoms with Crippen molar-refractivity contribution in [1.82, 2.24) is 29.7 Å². The largest absolute Gasteiger partial charge is 0.497 e. The molecule has 5 rings (SSSR count). The van der Waals surface area contributed by atoms with E-state index in [-0.39, 0.29) is 36.0 Å². The highest BCUT2D eigenvalue weighted by molar-refractivity contribution is 5.77. The smallest absolute Gasteiger partial charge is 0.236 e. The number of anilines is 1. The first-order valence-electron chi connectivity index (χ1n) is 13.5. The Bertz CT molecular complexity index is 1450. The van der Waals surface area contributed by atoms with Gasteiger partial charge in [0.1, 0.15) is 17.9 Å². The Labute approximate surface area is 238 Å². The van der Waals surface area contributed by atoms with Crippen molar-refractivity contribution in [2.45, 2.75) is 32.0 Å². The maximum absolute atomic E-state index is 14.4. The minimum atomic E-state index is -0.389. The molecule has 1 amide bonds. The van der Waals surface area contributed by atoms with E-state index in [4.69, 9.17) is 14.5 Å². The standard InChI is InChI=1S/C30H34FN7O3/c1-21(23-5-7-25(40-2)8-6-23)34-29(39)17-24-19-36(18-22-4-9-27(41-3)26(31)16-22)14-15-38(24)28-10-11-33-30(35-28)37-13-12-32-20-37/h4-13,16,20-21,24H,14-15,17-19H2,1-3H3,(H,34,39). The van der Waals surface area contributed by atoms with Crippen molar-refractivity contribution in [3.8, 4) is 17.4 Å². The Morgan fingerprint density at radius 1 is 1.10 bits per heavy atom. The van der Waals surface area contributed by atoms with Crippen molar-refractivity contribution in [2.75, 3.05) is 38.8 Å². The number of piperazine rings is 1. The first kappa shape index (κ1) is 28.0. The molecule has 2 aromatic carbocycles. The monoisotopic (exact) mass is 559 g/mol. The molecule has 1 saturated heterocycles. The number of halogens is 1. The van der Waals surface area contributed by atoms with Crippen LogP contribution in [0, 0.1) is 5.82 Å². The third-order valence-corrected chi connectivity index (χ3v) is 7.26. The lowest BCUT2D eigenvalue weighted by molar-refractivity contribution is -0.122. The summed E-state index contributed by atoms with van der Waals surface area (Å²) in [6, 6.07) is 14.2. The molecule has 0 bridgehead atoms. The van der Waals surface area contributed by atoms with E-state index in [1.165, 1.54) is 13.2 Å². The number of imidazole rings is 1. The van der Waals surface area contributed by atoms with E-state index in [0.717, 1.165) is 29.2 Å². The van der Waals surface area contributed by atoms with Gasteiger partial charge in [0.15, 0.2) is 11.6 Å². The first-order chi connectivity index (χ1) is 19.9. The molecule has 10 nitrogen and oxygen atoms in total. The number of ether oxygens (including phenoxy) is 2. The number of aromatic nitrogens is 4. The predicted octanol–water partition coefficient (Wildman–Crippen LogP) is 3.78. The summed E-state index contributed by atoms with van der Waals surface area (Å²) in [5.41, 5.74) is 1.83. The van der Waals surface area contributed by atoms with Gasteiger partial charge in [0.2, 0.25) is 11.9 Å². The average Bonchev–Trinajstić information content (AvgIpc) is 3.53. The molecule has 1 aliphatic rings. The highest BCUT2D eigenvalue weighted by Gasteiger charge is 2.30. The van der Waals surface area contributed by atoms with Gasteiger partial charge in [-0.1, -0.05) is 18.2 Å². The number of benzene rings is 2. The second-order valence-corrected chi connectivity index (χ2v) is 10.0. The number of hydrogen-bond acceptors (Lipinski definition) is 8. The van der Waals surface area contributed by atoms with Crippen LogP contribution in [0.3, 0.4) is 0 Å². The lowest BCUT2D eigenvalue weighted by atomic mass is 10.0. The Hall–Kier alpha value is -4.51. The fourth-order valence-corrected chi connectivity index (χ4v) is 5.10. The van der Waals surface area contributed by atoms with Crippen molar-refractivity contribution < 1.29 is 18.7 Å². The van der Waals surface area contributed by atoms with Crippen molar-refractivity contribution in [1.29, 1.82) is 0 Å². The van der Waals surface area contributed by atoms with Gasteiger partial charge in [-0.15, -0.1) is 0 Å². The number of carbonyl (C=O) groups excluding carboxylic acids is 1. The highest BCUT2D eigenvalue weighted by Crippen LogP contribution is 2.25. The van der Waals surface area contributed by atoms with E-state index in [1.54, 1.807) is 42.7 Å². The first-order valence-corrected chi connectivity index (χ1v) is 13.5. The Morgan fingerprint density at radius 2 is 1.93 bits per heavy atom. The van der Waals surface area contributed by atoms with E-state index in [2.05, 4.69) is 25.1 Å². The molecule has 0 spiro atoms. The van der Waals surface area contributed by atoms with Gasteiger partial charge in [-0.2, -0.15) is 4.98 Å². The minimum absolute atomic E-state index is 0.0652. The number of nitrogens with zero attached hydrogens (tertiary/aromatic N) is 6. The molecule has 11 heteroatoms. The van der Waals surface area contributed by atoms with Crippen molar-refractivity contribution in [3.63, 3.8) is 0 Å². The summed E-state index contributed by atoms with van der Waals surface area (Å²) in [5, 5.41) is 3.14. The van der Waals surface area contributed by atoms with Crippen LogP contribution >= 0.6 is 0 Å². The second-order valence-electron chi connectivity index (χ2n) is 10.0. The second kappa shape index (κ2) is 12.8. The summed E-state index contributed by atoms with van der Waals surface area (Å²) >= 11 is 0. The maximum atomic E-state index is 14.4. The van der Waals surface area contributed by atoms with Gasteiger partial charge in [-0.05, 0) is 48.4 Å². The van der Waals surface area contributed by atoms with E-state index in [0.29, 0.717) is 25.6 Å². The van der Waals surface area contributed by atoms with E-state index in [9.17, 15) is 9.18 Å². The number of methoxy groups -OCH3 is 2. The summed E-state index contributed by atoms with van der Waals surface area (Å²) in [7, 11) is 3.08. The zero-order valence-corrected chi connectivity index (χ0v) is 23.4. The van der Waals surface area contributed by atoms with Gasteiger partial charge in [-0.3, -0.25) is 14.3 Å². The number of carbonyl (C=O) groups is 1. The molecule has 2 atom stereocenters. The molecule has 214 valence electrons. The summed E-state index contributed by atoms with van der Waals surface area (Å²) < 4.78 is 26.4. The molecule has 1 fully saturated rings. The number of hydrogen-bond donors (Lipinski definition) is 1. The van der Waals surface area contributed by atoms with Gasteiger partial charge in [0, 0.05) is 51.2 Å². The molecule has 1 N–H and O–H groups in total. The average molecular weight is 560 g/mol. The molecule has 0 saturated carbocycles. The Balaban J connectivity index is 1.33. The highest BCUT2D eigenvalue weighted by atomic mass is 19.1. The fourth-order valence-electron chi connectivity index (χ4n) is 5.10. The molecule has 0 radical (unpaired) electrons. The maximum Gasteiger partial charge on any atom is 0.236 e. The molecule has 41 heavy (non-hydrogen) atoms. The lowest BCUT2D eigenvalue weighted by Crippen LogP contribution is -2.54. The van der Waals surface area contributed by atoms with Crippen LogP contribution in [-0.4, -0.2) is 70.2 Å². The van der Waals surface area contributed by atoms with E-state index < -0.39 is 0 Å². The van der Waals surface area contributed by atoms with Gasteiger partial charge in [0.25, 0.3) is 0 Å². The molecule has 3 heterocycles. The third kappa shape index (κ3) is 6.80. The normalized spacial score (nSPS) is 16.3. The Kier molecular flexibility index (Phi) is 8.73. The Morgan fingerprint density at radius 3 is 2.63 bits per heavy atom.